The van der Waals surface area contributed by atoms with Gasteiger partial charge in [0.15, 0.2) is 17.6 Å². The molecule has 65 heavy (non-hydrogen) atoms. The molecule has 2 aliphatic heterocycles. The minimum atomic E-state index is -0.989. The lowest BCUT2D eigenvalue weighted by Crippen LogP contribution is -2.46. The Morgan fingerprint density at radius 1 is 0.985 bits per heavy atom. The SMILES string of the molecule is C[C@H](O)CN[C@H](CCCO)[C@@H]1[C+]2C=C([C@@H](O)COc3cc(CC[C-]4C=C(CO)C(CCCCCC[C@H](N)C[C@@H]5C=Cc6cc(CO)ccc6[C@H]5O)[OH+]4)ccc3O)N=C2CC[C@H]2CCC[C@@H]21. The number of unbranched alkanes of at least 4 members (excludes halogenated alkanes) is 3. The van der Waals surface area contributed by atoms with Crippen molar-refractivity contribution >= 4 is 11.8 Å². The maximum atomic E-state index is 11.4. The van der Waals surface area contributed by atoms with Gasteiger partial charge in [-0.05, 0) is 117 Å². The number of aryl methyl sites for hydroxylation is 1. The Morgan fingerprint density at radius 2 is 1.82 bits per heavy atom. The smallest absolute Gasteiger partial charge is 0.208 e. The zero-order valence-corrected chi connectivity index (χ0v) is 38.4. The van der Waals surface area contributed by atoms with E-state index >= 15 is 0 Å². The second-order valence-corrected chi connectivity index (χ2v) is 19.5. The van der Waals surface area contributed by atoms with E-state index in [0.717, 1.165) is 110 Å². The van der Waals surface area contributed by atoms with Gasteiger partial charge in [-0.2, -0.15) is 0 Å². The van der Waals surface area contributed by atoms with Gasteiger partial charge in [-0.1, -0.05) is 62.5 Å². The summed E-state index contributed by atoms with van der Waals surface area (Å²) in [6.07, 6.45) is 22.0. The fourth-order valence-electron chi connectivity index (χ4n) is 11.2. The van der Waals surface area contributed by atoms with E-state index in [-0.39, 0.29) is 62.2 Å². The maximum Gasteiger partial charge on any atom is 0.208 e. The molecular weight excluding hydrogens is 823 g/mol. The first-order valence-electron chi connectivity index (χ1n) is 24.6. The number of aromatic hydroxyl groups is 1. The number of fused-ring (bicyclic) bond motifs is 3. The summed E-state index contributed by atoms with van der Waals surface area (Å²) in [6.45, 7) is 2.28. The van der Waals surface area contributed by atoms with E-state index in [2.05, 4.69) is 11.4 Å². The summed E-state index contributed by atoms with van der Waals surface area (Å²) in [5, 5.41) is 76.2. The highest BCUT2D eigenvalue weighted by Gasteiger charge is 2.52. The molecule has 2 aromatic rings. The first kappa shape index (κ1) is 49.2. The lowest BCUT2D eigenvalue weighted by molar-refractivity contribution is -0.0552. The molecule has 2 fully saturated rings. The third kappa shape index (κ3) is 12.9. The predicted octanol–water partition coefficient (Wildman–Crippen LogP) is 6.20. The normalized spacial score (nSPS) is 25.6. The lowest BCUT2D eigenvalue weighted by Gasteiger charge is -2.33. The van der Waals surface area contributed by atoms with Crippen LogP contribution in [0.5, 0.6) is 11.5 Å². The first-order chi connectivity index (χ1) is 31.5. The summed E-state index contributed by atoms with van der Waals surface area (Å²) >= 11 is 0. The Labute approximate surface area is 386 Å². The molecule has 0 bridgehead atoms. The van der Waals surface area contributed by atoms with Gasteiger partial charge >= 0.3 is 0 Å². The number of phenols is 1. The van der Waals surface area contributed by atoms with Gasteiger partial charge in [-0.3, -0.25) is 0 Å². The zero-order chi connectivity index (χ0) is 45.9. The number of ether oxygens (including phenoxy) is 2. The van der Waals surface area contributed by atoms with Crippen LogP contribution in [0.25, 0.3) is 6.08 Å². The molecule has 0 saturated heterocycles. The van der Waals surface area contributed by atoms with Gasteiger partial charge in [-0.15, -0.1) is 16.6 Å². The lowest BCUT2D eigenvalue weighted by atomic mass is 9.71. The van der Waals surface area contributed by atoms with E-state index < -0.39 is 18.3 Å². The number of nitrogens with zero attached hydrogens (tertiary/aromatic N) is 1. The summed E-state index contributed by atoms with van der Waals surface area (Å²) in [4.78, 5) is 4.98. The molecule has 2 aromatic carbocycles. The molecule has 5 aliphatic rings. The third-order valence-electron chi connectivity index (χ3n) is 14.6. The molecule has 0 aromatic heterocycles. The highest BCUT2D eigenvalue weighted by molar-refractivity contribution is 6.03. The fourth-order valence-corrected chi connectivity index (χ4v) is 11.2. The molecule has 1 unspecified atom stereocenters. The van der Waals surface area contributed by atoms with Crippen LogP contribution in [-0.2, 0) is 13.0 Å². The second-order valence-electron chi connectivity index (χ2n) is 19.5. The Hall–Kier alpha value is -3.69. The Morgan fingerprint density at radius 3 is 2.62 bits per heavy atom. The van der Waals surface area contributed by atoms with Crippen LogP contribution >= 0.6 is 0 Å². The summed E-state index contributed by atoms with van der Waals surface area (Å²) in [7, 11) is 0. The molecule has 3 aliphatic carbocycles. The Bertz CT molecular complexity index is 1970. The van der Waals surface area contributed by atoms with Crippen LogP contribution in [0, 0.1) is 35.7 Å². The van der Waals surface area contributed by atoms with Crippen molar-refractivity contribution in [3.05, 3.63) is 100 Å². The van der Waals surface area contributed by atoms with Crippen LogP contribution in [0.4, 0.5) is 0 Å². The van der Waals surface area contributed by atoms with E-state index in [4.69, 9.17) is 20.2 Å². The van der Waals surface area contributed by atoms with Gasteiger partial charge in [0.2, 0.25) is 5.70 Å². The molecule has 12 nitrogen and oxygen atoms in total. The van der Waals surface area contributed by atoms with Gasteiger partial charge < -0.3 is 56.3 Å². The molecule has 11 N–H and O–H groups in total. The van der Waals surface area contributed by atoms with Crippen LogP contribution in [0.3, 0.4) is 0 Å². The molecular formula is C53H76N3O9+. The maximum absolute atomic E-state index is 11.4. The molecule has 0 amide bonds. The number of aliphatic hydroxyl groups excluding tert-OH is 6. The number of hydrogen-bond donors (Lipinski definition) is 9. The molecule has 356 valence electrons. The van der Waals surface area contributed by atoms with Crippen molar-refractivity contribution < 1.29 is 45.2 Å². The van der Waals surface area contributed by atoms with Gasteiger partial charge in [-0.25, -0.2) is 0 Å². The number of aliphatic hydroxyl groups is 8. The van der Waals surface area contributed by atoms with Crippen molar-refractivity contribution in [3.63, 3.8) is 0 Å². The minimum absolute atomic E-state index is 0.00278. The van der Waals surface area contributed by atoms with Crippen molar-refractivity contribution in [1.82, 2.24) is 5.32 Å². The van der Waals surface area contributed by atoms with Gasteiger partial charge in [0.1, 0.15) is 30.4 Å². The topological polar surface area (TPSA) is 214 Å². The Balaban J connectivity index is 0.841. The predicted molar refractivity (Wildman–Crippen MR) is 255 cm³/mol. The monoisotopic (exact) mass is 899 g/mol. The standard InChI is InChI=1S/C53H75N3O9/c1-33(60)29-55-46(11-7-23-57)52-42-10-6-8-36(42)18-21-45-44(52)28-47(56-45)49(62)32-64-51-25-34(15-22-48(51)61)13-19-41-27-39(31-59)50(65-41)12-5-3-2-4-9-40(54)26-38-17-16-37-24-35(30-58)14-20-43(37)53(38)63/h14-17,20,22,24-25,27-28,33,36,38,40,42,46,49-50,52-53,55,57-60,62-63,65H,2-13,18-19,21,23,26,29-32,54H2,1H3/p+1/t33-,36+,38-,40-,42-,46+,49-,50?,52-,53-/m0/s1. The highest BCUT2D eigenvalue weighted by atomic mass is 16.5. The number of nitrogens with two attached hydrogens (primary N) is 1. The van der Waals surface area contributed by atoms with E-state index in [0.29, 0.717) is 49.1 Å². The minimum Gasteiger partial charge on any atom is -0.504 e. The molecule has 2 saturated carbocycles. The number of rotatable bonds is 25. The molecule has 10 atom stereocenters. The van der Waals surface area contributed by atoms with E-state index in [1.165, 1.54) is 18.8 Å². The molecule has 0 spiro atoms. The molecule has 2 heterocycles. The van der Waals surface area contributed by atoms with Gasteiger partial charge in [0, 0.05) is 50.6 Å². The van der Waals surface area contributed by atoms with Crippen molar-refractivity contribution in [2.45, 2.75) is 153 Å². The van der Waals surface area contributed by atoms with Gasteiger partial charge in [0.25, 0.3) is 0 Å². The van der Waals surface area contributed by atoms with Crippen LogP contribution in [0.15, 0.2) is 70.9 Å². The molecule has 7 rings (SSSR count). The number of phenolic OH excluding ortho intramolecular Hbond substituents is 1. The quantitative estimate of drug-likeness (QED) is 0.0313. The highest BCUT2D eigenvalue weighted by Crippen LogP contribution is 2.50. The van der Waals surface area contributed by atoms with Crippen LogP contribution in [0.2, 0.25) is 0 Å². The van der Waals surface area contributed by atoms with Crippen molar-refractivity contribution in [2.24, 2.45) is 34.4 Å². The van der Waals surface area contributed by atoms with Crippen LogP contribution in [-0.4, -0.2) is 103 Å². The number of benzene rings is 2. The number of hydrogen-bond acceptors (Lipinski definition) is 11. The van der Waals surface area contributed by atoms with Crippen molar-refractivity contribution in [3.8, 4) is 11.5 Å². The summed E-state index contributed by atoms with van der Waals surface area (Å²) in [5.74, 6) is 2.75. The third-order valence-corrected chi connectivity index (χ3v) is 14.6. The van der Waals surface area contributed by atoms with Crippen LogP contribution in [0.1, 0.15) is 132 Å². The summed E-state index contributed by atoms with van der Waals surface area (Å²) in [6, 6.07) is 11.1. The number of nitrogens with one attached hydrogen (secondary N) is 1. The average molecular weight is 899 g/mol. The fraction of sp³-hybridized carbons (Fsp3) is 0.604. The second kappa shape index (κ2) is 23.9. The number of aliphatic imine (C=N–C) groups is 1. The van der Waals surface area contributed by atoms with Crippen molar-refractivity contribution in [2.75, 3.05) is 26.4 Å². The first-order valence-corrected chi connectivity index (χ1v) is 24.6. The molecule has 12 heteroatoms. The largest absolute Gasteiger partial charge is 0.504 e. The van der Waals surface area contributed by atoms with Crippen molar-refractivity contribution in [1.29, 1.82) is 0 Å². The average Bonchev–Trinajstić information content (AvgIpc) is 4.04. The zero-order valence-electron chi connectivity index (χ0n) is 38.4. The van der Waals surface area contributed by atoms with Gasteiger partial charge in [0.05, 0.1) is 30.8 Å². The van der Waals surface area contributed by atoms with E-state index in [1.54, 1.807) is 13.0 Å². The molecule has 0 radical (unpaired) electrons. The summed E-state index contributed by atoms with van der Waals surface area (Å²) < 4.78 is 11.1. The van der Waals surface area contributed by atoms with Crippen LogP contribution < -0.4 is 15.8 Å². The van der Waals surface area contributed by atoms with E-state index in [1.807, 2.05) is 48.6 Å². The number of allylic oxidation sites excluding steroid dienone is 1. The van der Waals surface area contributed by atoms with E-state index in [9.17, 15) is 35.7 Å². The summed E-state index contributed by atoms with van der Waals surface area (Å²) in [5.41, 5.74) is 12.7. The Kier molecular flexibility index (Phi) is 18.1.